The van der Waals surface area contributed by atoms with Crippen LogP contribution >= 0.6 is 23.2 Å². The van der Waals surface area contributed by atoms with E-state index in [-0.39, 0.29) is 26.2 Å². The highest BCUT2D eigenvalue weighted by molar-refractivity contribution is 7.89. The van der Waals surface area contributed by atoms with Crippen LogP contribution < -0.4 is 5.32 Å². The number of carboxylic acids is 1. The molecule has 12 heteroatoms. The average Bonchev–Trinajstić information content (AvgIpc) is 2.55. The normalized spacial score (nSPS) is 19.0. The van der Waals surface area contributed by atoms with Gasteiger partial charge < -0.3 is 10.4 Å². The summed E-state index contributed by atoms with van der Waals surface area (Å²) in [5.74, 6) is -1.50. The largest absolute Gasteiger partial charge is 0.479 e. The van der Waals surface area contributed by atoms with Crippen molar-refractivity contribution in [2.24, 2.45) is 0 Å². The van der Waals surface area contributed by atoms with Crippen molar-refractivity contribution in [2.45, 2.75) is 23.8 Å². The molecule has 0 fully saturated rings. The number of hydrogen-bond donors (Lipinski definition) is 2. The number of aliphatic carboxylic acids is 1. The summed E-state index contributed by atoms with van der Waals surface area (Å²) in [6.07, 6.45) is -6.25. The van der Waals surface area contributed by atoms with Crippen LogP contribution in [0.25, 0.3) is 0 Å². The first-order valence-electron chi connectivity index (χ1n) is 7.57. The van der Waals surface area contributed by atoms with Gasteiger partial charge in [0, 0.05) is 11.6 Å². The maximum Gasteiger partial charge on any atom is 0.416 e. The number of nitrogens with one attached hydrogen (secondary N) is 1. The number of rotatable bonds is 3. The second-order valence-electron chi connectivity index (χ2n) is 5.89. The highest BCUT2D eigenvalue weighted by atomic mass is 35.5. The molecule has 3 rings (SSSR count). The Bertz CT molecular complexity index is 1040. The summed E-state index contributed by atoms with van der Waals surface area (Å²) < 4.78 is 64.7. The highest BCUT2D eigenvalue weighted by Gasteiger charge is 2.43. The van der Waals surface area contributed by atoms with Gasteiger partial charge in [0.05, 0.1) is 16.3 Å². The molecule has 150 valence electrons. The second-order valence-corrected chi connectivity index (χ2v) is 8.57. The molecular formula is C16H11Cl2F3N2O4S. The third-order valence-corrected chi connectivity index (χ3v) is 6.55. The minimum Gasteiger partial charge on any atom is -0.479 e. The van der Waals surface area contributed by atoms with Crippen LogP contribution in [-0.4, -0.2) is 30.0 Å². The van der Waals surface area contributed by atoms with Gasteiger partial charge in [0.2, 0.25) is 10.0 Å². The van der Waals surface area contributed by atoms with Crippen molar-refractivity contribution in [2.75, 3.05) is 5.32 Å². The van der Waals surface area contributed by atoms with Gasteiger partial charge in [-0.2, -0.15) is 17.5 Å². The summed E-state index contributed by atoms with van der Waals surface area (Å²) >= 11 is 11.8. The SMILES string of the molecule is O=C(O)C1Nc2cc(Cl)cc(Cl)c2S(=O)(=O)N1Cc1ccc(C(F)(F)F)cc1. The molecule has 6 nitrogen and oxygen atoms in total. The maximum atomic E-state index is 13.0. The van der Waals surface area contributed by atoms with E-state index in [4.69, 9.17) is 23.2 Å². The lowest BCUT2D eigenvalue weighted by Gasteiger charge is -2.35. The van der Waals surface area contributed by atoms with Gasteiger partial charge in [-0.05, 0) is 29.8 Å². The van der Waals surface area contributed by atoms with Gasteiger partial charge in [-0.15, -0.1) is 0 Å². The van der Waals surface area contributed by atoms with Crippen molar-refractivity contribution in [1.82, 2.24) is 4.31 Å². The number of hydrogen-bond acceptors (Lipinski definition) is 4. The fourth-order valence-electron chi connectivity index (χ4n) is 2.75. The Morgan fingerprint density at radius 3 is 2.32 bits per heavy atom. The molecule has 1 aliphatic rings. The zero-order valence-corrected chi connectivity index (χ0v) is 16.0. The number of anilines is 1. The maximum absolute atomic E-state index is 13.0. The van der Waals surface area contributed by atoms with E-state index in [9.17, 15) is 31.5 Å². The number of alkyl halides is 3. The summed E-state index contributed by atoms with van der Waals surface area (Å²) in [4.78, 5) is 11.3. The molecule has 0 radical (unpaired) electrons. The lowest BCUT2D eigenvalue weighted by Crippen LogP contribution is -2.52. The third kappa shape index (κ3) is 3.77. The van der Waals surface area contributed by atoms with Gasteiger partial charge in [0.25, 0.3) is 0 Å². The van der Waals surface area contributed by atoms with Crippen LogP contribution in [0.5, 0.6) is 0 Å². The van der Waals surface area contributed by atoms with Crippen molar-refractivity contribution in [3.8, 4) is 0 Å². The first-order valence-corrected chi connectivity index (χ1v) is 9.77. The molecule has 1 heterocycles. The van der Waals surface area contributed by atoms with E-state index in [1.807, 2.05) is 0 Å². The monoisotopic (exact) mass is 454 g/mol. The van der Waals surface area contributed by atoms with E-state index in [0.717, 1.165) is 24.3 Å². The Morgan fingerprint density at radius 2 is 1.79 bits per heavy atom. The van der Waals surface area contributed by atoms with Crippen molar-refractivity contribution in [3.63, 3.8) is 0 Å². The van der Waals surface area contributed by atoms with Crippen LogP contribution in [0.2, 0.25) is 10.0 Å². The molecule has 28 heavy (non-hydrogen) atoms. The van der Waals surface area contributed by atoms with E-state index in [0.29, 0.717) is 4.31 Å². The zero-order chi connectivity index (χ0) is 20.9. The molecule has 2 aromatic carbocycles. The van der Waals surface area contributed by atoms with Gasteiger partial charge in [0.1, 0.15) is 4.90 Å². The summed E-state index contributed by atoms with van der Waals surface area (Å²) in [5.41, 5.74) is -0.819. The molecule has 0 spiro atoms. The van der Waals surface area contributed by atoms with Gasteiger partial charge in [0.15, 0.2) is 6.17 Å². The highest BCUT2D eigenvalue weighted by Crippen LogP contribution is 2.40. The number of halogens is 5. The number of sulfonamides is 1. The van der Waals surface area contributed by atoms with E-state index in [1.54, 1.807) is 0 Å². The molecule has 1 atom stereocenters. The first-order chi connectivity index (χ1) is 12.9. The molecule has 2 N–H and O–H groups in total. The predicted octanol–water partition coefficient (Wildman–Crippen LogP) is 4.04. The predicted molar refractivity (Wildman–Crippen MR) is 95.7 cm³/mol. The topological polar surface area (TPSA) is 86.7 Å². The van der Waals surface area contributed by atoms with Crippen LogP contribution in [-0.2, 0) is 27.5 Å². The van der Waals surface area contributed by atoms with Crippen molar-refractivity contribution in [1.29, 1.82) is 0 Å². The van der Waals surface area contributed by atoms with Gasteiger partial charge >= 0.3 is 12.1 Å². The Morgan fingerprint density at radius 1 is 1.18 bits per heavy atom. The van der Waals surface area contributed by atoms with E-state index < -0.39 is 40.4 Å². The molecule has 0 saturated carbocycles. The second kappa shape index (κ2) is 7.11. The van der Waals surface area contributed by atoms with Crippen LogP contribution in [0, 0.1) is 0 Å². The summed E-state index contributed by atoms with van der Waals surface area (Å²) in [7, 11) is -4.38. The molecule has 1 aliphatic heterocycles. The van der Waals surface area contributed by atoms with Crippen LogP contribution in [0.15, 0.2) is 41.3 Å². The third-order valence-electron chi connectivity index (χ3n) is 4.01. The zero-order valence-electron chi connectivity index (χ0n) is 13.7. The fraction of sp³-hybridized carbons (Fsp3) is 0.188. The summed E-state index contributed by atoms with van der Waals surface area (Å²) in [5, 5.41) is 11.9. The van der Waals surface area contributed by atoms with Gasteiger partial charge in [-0.3, -0.25) is 0 Å². The Balaban J connectivity index is 2.04. The first kappa shape index (κ1) is 20.7. The molecule has 0 aromatic heterocycles. The number of nitrogens with zero attached hydrogens (tertiary/aromatic N) is 1. The molecule has 1 unspecified atom stereocenters. The Kier molecular flexibility index (Phi) is 5.26. The van der Waals surface area contributed by atoms with Crippen molar-refractivity contribution < 1.29 is 31.5 Å². The summed E-state index contributed by atoms with van der Waals surface area (Å²) in [6.45, 7) is -0.483. The molecule has 0 amide bonds. The van der Waals surface area contributed by atoms with Gasteiger partial charge in [-0.1, -0.05) is 35.3 Å². The van der Waals surface area contributed by atoms with Crippen molar-refractivity contribution >= 4 is 44.9 Å². The molecule has 0 aliphatic carbocycles. The van der Waals surface area contributed by atoms with Crippen LogP contribution in [0.3, 0.4) is 0 Å². The van der Waals surface area contributed by atoms with E-state index in [2.05, 4.69) is 5.32 Å². The number of fused-ring (bicyclic) bond motifs is 1. The molecular weight excluding hydrogens is 444 g/mol. The molecule has 0 saturated heterocycles. The number of carboxylic acid groups (broad SMARTS) is 1. The van der Waals surface area contributed by atoms with Crippen molar-refractivity contribution in [3.05, 3.63) is 57.6 Å². The quantitative estimate of drug-likeness (QED) is 0.730. The van der Waals surface area contributed by atoms with E-state index >= 15 is 0 Å². The van der Waals surface area contributed by atoms with Gasteiger partial charge in [-0.25, -0.2) is 13.2 Å². The molecule has 2 aromatic rings. The average molecular weight is 455 g/mol. The minimum atomic E-state index is -4.55. The smallest absolute Gasteiger partial charge is 0.416 e. The minimum absolute atomic E-state index is 0.0754. The fourth-order valence-corrected chi connectivity index (χ4v) is 5.21. The number of benzene rings is 2. The Hall–Kier alpha value is -2.01. The standard InChI is InChI=1S/C16H11Cl2F3N2O4S/c17-10-5-11(18)13-12(6-10)22-14(15(24)25)23(28(13,26)27)7-8-1-3-9(4-2-8)16(19,20)21/h1-6,14,22H,7H2,(H,24,25). The van der Waals surface area contributed by atoms with Crippen LogP contribution in [0.1, 0.15) is 11.1 Å². The molecule has 0 bridgehead atoms. The van der Waals surface area contributed by atoms with E-state index in [1.165, 1.54) is 12.1 Å². The lowest BCUT2D eigenvalue weighted by molar-refractivity contribution is -0.140. The summed E-state index contributed by atoms with van der Waals surface area (Å²) in [6, 6.07) is 6.16. The Labute approximate surface area is 167 Å². The number of carbonyl (C=O) groups is 1. The van der Waals surface area contributed by atoms with Crippen LogP contribution in [0.4, 0.5) is 18.9 Å². The lowest BCUT2D eigenvalue weighted by atomic mass is 10.1.